The van der Waals surface area contributed by atoms with Gasteiger partial charge >= 0.3 is 6.03 Å². The topological polar surface area (TPSA) is 101 Å². The minimum atomic E-state index is -0.310. The van der Waals surface area contributed by atoms with Crippen molar-refractivity contribution in [2.24, 2.45) is 11.8 Å². The Kier molecular flexibility index (Phi) is 6.54. The van der Waals surface area contributed by atoms with Crippen molar-refractivity contribution in [3.05, 3.63) is 48.0 Å². The summed E-state index contributed by atoms with van der Waals surface area (Å²) in [7, 11) is 1.72. The van der Waals surface area contributed by atoms with Crippen molar-refractivity contribution in [2.75, 3.05) is 37.7 Å². The maximum atomic E-state index is 14.1. The Balaban J connectivity index is 1.18. The first-order valence-corrected chi connectivity index (χ1v) is 13.2. The highest BCUT2D eigenvalue weighted by atomic mass is 16.7. The quantitative estimate of drug-likeness (QED) is 0.564. The number of nitrogens with one attached hydrogen (secondary N) is 3. The number of ether oxygens (including phenoxy) is 3. The zero-order chi connectivity index (χ0) is 25.4. The predicted molar refractivity (Wildman–Crippen MR) is 139 cm³/mol. The van der Waals surface area contributed by atoms with E-state index in [1.807, 2.05) is 12.1 Å². The molecule has 9 heteroatoms. The number of methoxy groups -OCH3 is 1. The molecule has 0 unspecified atom stereocenters. The number of nitrogens with zero attached hydrogens (tertiary/aromatic N) is 1. The lowest BCUT2D eigenvalue weighted by Gasteiger charge is -2.41. The number of hydrogen-bond acceptors (Lipinski definition) is 6. The van der Waals surface area contributed by atoms with E-state index in [4.69, 9.17) is 14.2 Å². The van der Waals surface area contributed by atoms with Crippen molar-refractivity contribution in [3.8, 4) is 11.5 Å². The Bertz CT molecular complexity index is 1170. The summed E-state index contributed by atoms with van der Waals surface area (Å²) in [5.41, 5.74) is 2.87. The van der Waals surface area contributed by atoms with Crippen LogP contribution < -0.4 is 25.4 Å². The molecule has 0 aromatic heterocycles. The molecule has 2 aromatic rings. The summed E-state index contributed by atoms with van der Waals surface area (Å²) in [4.78, 5) is 29.1. The summed E-state index contributed by atoms with van der Waals surface area (Å²) in [6, 6.07) is 13.3. The average Bonchev–Trinajstić information content (AvgIpc) is 3.56. The van der Waals surface area contributed by atoms with Gasteiger partial charge in [-0.3, -0.25) is 4.79 Å². The second-order valence-electron chi connectivity index (χ2n) is 10.4. The highest BCUT2D eigenvalue weighted by Crippen LogP contribution is 2.47. The molecule has 2 aromatic carbocycles. The lowest BCUT2D eigenvalue weighted by atomic mass is 9.81. The third-order valence-electron chi connectivity index (χ3n) is 8.24. The maximum absolute atomic E-state index is 14.1. The van der Waals surface area contributed by atoms with Crippen LogP contribution in [-0.4, -0.2) is 56.0 Å². The SMILES string of the molecule is COC[C@@H]1Nc2ccccc2[C@H]2[C@@H]1CCN2C(=O)[C@H]1CCCC[C@H]1NC(=O)Nc1ccc2c(c1)OCO2. The maximum Gasteiger partial charge on any atom is 0.319 e. The summed E-state index contributed by atoms with van der Waals surface area (Å²) in [6.45, 7) is 1.50. The van der Waals surface area contributed by atoms with E-state index in [0.29, 0.717) is 29.7 Å². The lowest BCUT2D eigenvalue weighted by Crippen LogP contribution is -2.51. The van der Waals surface area contributed by atoms with Gasteiger partial charge in [0.15, 0.2) is 11.5 Å². The van der Waals surface area contributed by atoms with Crippen molar-refractivity contribution in [1.82, 2.24) is 10.2 Å². The van der Waals surface area contributed by atoms with Crippen LogP contribution in [0.4, 0.5) is 16.2 Å². The number of hydrogen-bond donors (Lipinski definition) is 3. The van der Waals surface area contributed by atoms with Crippen LogP contribution in [0.2, 0.25) is 0 Å². The molecular formula is C28H34N4O5. The number of urea groups is 1. The fraction of sp³-hybridized carbons (Fsp3) is 0.500. The number of carbonyl (C=O) groups excluding carboxylic acids is 2. The number of para-hydroxylation sites is 1. The Labute approximate surface area is 216 Å². The number of carbonyl (C=O) groups is 2. The van der Waals surface area contributed by atoms with Crippen molar-refractivity contribution in [1.29, 1.82) is 0 Å². The van der Waals surface area contributed by atoms with Gasteiger partial charge in [-0.2, -0.15) is 0 Å². The van der Waals surface area contributed by atoms with Gasteiger partial charge in [-0.05, 0) is 43.0 Å². The molecule has 6 rings (SSSR count). The van der Waals surface area contributed by atoms with Gasteiger partial charge < -0.3 is 35.1 Å². The van der Waals surface area contributed by atoms with Gasteiger partial charge in [0.05, 0.1) is 24.6 Å². The molecule has 37 heavy (non-hydrogen) atoms. The van der Waals surface area contributed by atoms with Gasteiger partial charge in [0.1, 0.15) is 0 Å². The Morgan fingerprint density at radius 1 is 1.08 bits per heavy atom. The van der Waals surface area contributed by atoms with Gasteiger partial charge in [-0.1, -0.05) is 31.0 Å². The van der Waals surface area contributed by atoms with E-state index in [9.17, 15) is 9.59 Å². The second kappa shape index (κ2) is 10.1. The number of amides is 3. The molecular weight excluding hydrogens is 472 g/mol. The van der Waals surface area contributed by atoms with Crippen molar-refractivity contribution in [2.45, 2.75) is 50.2 Å². The number of anilines is 2. The molecule has 0 radical (unpaired) electrons. The molecule has 3 N–H and O–H groups in total. The fourth-order valence-electron chi connectivity index (χ4n) is 6.54. The molecule has 196 valence electrons. The standard InChI is InChI=1S/C28H34N4O5/c1-35-15-23-19-12-13-32(26(19)18-6-2-4-8-21(18)30-23)27(33)20-7-3-5-9-22(20)31-28(34)29-17-10-11-24-25(14-17)37-16-36-24/h2,4,6,8,10-11,14,19-20,22-23,26,30H,3,5,7,9,12-13,15-16H2,1H3,(H2,29,31,34)/t19-,20+,22-,23+,26+/m1/s1. The summed E-state index contributed by atoms with van der Waals surface area (Å²) >= 11 is 0. The number of likely N-dealkylation sites (tertiary alicyclic amines) is 1. The molecule has 0 bridgehead atoms. The third-order valence-corrected chi connectivity index (χ3v) is 8.24. The Morgan fingerprint density at radius 2 is 1.92 bits per heavy atom. The van der Waals surface area contributed by atoms with Gasteiger partial charge in [0, 0.05) is 43.1 Å². The molecule has 1 saturated heterocycles. The summed E-state index contributed by atoms with van der Waals surface area (Å²) in [6.07, 6.45) is 4.49. The highest BCUT2D eigenvalue weighted by Gasteiger charge is 2.48. The first kappa shape index (κ1) is 23.9. The van der Waals surface area contributed by atoms with Crippen LogP contribution in [0, 0.1) is 11.8 Å². The van der Waals surface area contributed by atoms with Crippen molar-refractivity contribution in [3.63, 3.8) is 0 Å². The van der Waals surface area contributed by atoms with Gasteiger partial charge in [0.25, 0.3) is 0 Å². The molecule has 1 saturated carbocycles. The Hall–Kier alpha value is -3.46. The van der Waals surface area contributed by atoms with Gasteiger partial charge in [0.2, 0.25) is 12.7 Å². The third kappa shape index (κ3) is 4.56. The number of fused-ring (bicyclic) bond motifs is 4. The first-order valence-electron chi connectivity index (χ1n) is 13.2. The first-order chi connectivity index (χ1) is 18.1. The van der Waals surface area contributed by atoms with Crippen LogP contribution in [0.15, 0.2) is 42.5 Å². The molecule has 1 aliphatic carbocycles. The zero-order valence-electron chi connectivity index (χ0n) is 21.1. The van der Waals surface area contributed by atoms with E-state index in [-0.39, 0.29) is 42.8 Å². The van der Waals surface area contributed by atoms with Crippen LogP contribution in [0.3, 0.4) is 0 Å². The average molecular weight is 507 g/mol. The fourth-order valence-corrected chi connectivity index (χ4v) is 6.54. The molecule has 2 fully saturated rings. The summed E-state index contributed by atoms with van der Waals surface area (Å²) in [5.74, 6) is 1.48. The molecule has 0 spiro atoms. The molecule has 9 nitrogen and oxygen atoms in total. The van der Waals surface area contributed by atoms with Crippen LogP contribution >= 0.6 is 0 Å². The summed E-state index contributed by atoms with van der Waals surface area (Å²) < 4.78 is 16.3. The van der Waals surface area contributed by atoms with Crippen LogP contribution in [0.25, 0.3) is 0 Å². The van der Waals surface area contributed by atoms with Gasteiger partial charge in [-0.15, -0.1) is 0 Å². The van der Waals surface area contributed by atoms with Crippen molar-refractivity contribution >= 4 is 23.3 Å². The van der Waals surface area contributed by atoms with Gasteiger partial charge in [-0.25, -0.2) is 4.79 Å². The lowest BCUT2D eigenvalue weighted by molar-refractivity contribution is -0.138. The van der Waals surface area contributed by atoms with Crippen LogP contribution in [0.1, 0.15) is 43.7 Å². The molecule has 3 heterocycles. The largest absolute Gasteiger partial charge is 0.454 e. The van der Waals surface area contributed by atoms with Crippen molar-refractivity contribution < 1.29 is 23.8 Å². The Morgan fingerprint density at radius 3 is 2.81 bits per heavy atom. The van der Waals surface area contributed by atoms with E-state index in [1.54, 1.807) is 25.3 Å². The minimum Gasteiger partial charge on any atom is -0.454 e. The predicted octanol–water partition coefficient (Wildman–Crippen LogP) is 4.13. The molecule has 5 atom stereocenters. The normalized spacial score (nSPS) is 27.6. The van der Waals surface area contributed by atoms with E-state index in [0.717, 1.165) is 44.3 Å². The van der Waals surface area contributed by atoms with E-state index in [2.05, 4.69) is 33.0 Å². The molecule has 3 aliphatic heterocycles. The molecule has 3 amide bonds. The van der Waals surface area contributed by atoms with E-state index < -0.39 is 0 Å². The second-order valence-corrected chi connectivity index (χ2v) is 10.4. The van der Waals surface area contributed by atoms with Crippen LogP contribution in [-0.2, 0) is 9.53 Å². The number of rotatable bonds is 5. The smallest absolute Gasteiger partial charge is 0.319 e. The molecule has 4 aliphatic rings. The highest BCUT2D eigenvalue weighted by molar-refractivity contribution is 5.90. The van der Waals surface area contributed by atoms with Crippen LogP contribution in [0.5, 0.6) is 11.5 Å². The zero-order valence-corrected chi connectivity index (χ0v) is 21.1. The number of benzene rings is 2. The van der Waals surface area contributed by atoms with E-state index >= 15 is 0 Å². The monoisotopic (exact) mass is 506 g/mol. The summed E-state index contributed by atoms with van der Waals surface area (Å²) in [5, 5.41) is 9.64. The minimum absolute atomic E-state index is 0.0233. The van der Waals surface area contributed by atoms with E-state index in [1.165, 1.54) is 5.56 Å².